The summed E-state index contributed by atoms with van der Waals surface area (Å²) in [5.41, 5.74) is 2.49. The molecule has 6 nitrogen and oxygen atoms in total. The summed E-state index contributed by atoms with van der Waals surface area (Å²) in [6.45, 7) is 0.291. The van der Waals surface area contributed by atoms with Gasteiger partial charge in [-0.05, 0) is 53.6 Å². The van der Waals surface area contributed by atoms with Crippen LogP contribution in [0.2, 0.25) is 0 Å². The highest BCUT2D eigenvalue weighted by Gasteiger charge is 2.34. The molecule has 1 saturated heterocycles. The Morgan fingerprint density at radius 1 is 1.09 bits per heavy atom. The topological polar surface area (TPSA) is 76.1 Å². The zero-order valence-corrected chi connectivity index (χ0v) is 19.2. The van der Waals surface area contributed by atoms with Crippen LogP contribution in [0.5, 0.6) is 11.5 Å². The molecule has 166 valence electrons. The number of thioether (sulfide) groups is 1. The van der Waals surface area contributed by atoms with Crippen molar-refractivity contribution in [1.29, 1.82) is 0 Å². The zero-order valence-electron chi connectivity index (χ0n) is 17.6. The normalized spacial score (nSPS) is 14.6. The molecule has 8 heteroatoms. The predicted octanol–water partition coefficient (Wildman–Crippen LogP) is 5.38. The maximum atomic E-state index is 13.1. The number of carbonyl (C=O) groups excluding carboxylic acids is 1. The second-order valence-electron chi connectivity index (χ2n) is 7.05. The summed E-state index contributed by atoms with van der Waals surface area (Å²) in [5, 5.41) is 8.99. The Morgan fingerprint density at radius 3 is 2.58 bits per heavy atom. The number of carbonyl (C=O) groups is 2. The van der Waals surface area contributed by atoms with Crippen LogP contribution in [-0.2, 0) is 11.4 Å². The molecule has 0 unspecified atom stereocenters. The average molecular weight is 478 g/mol. The van der Waals surface area contributed by atoms with Crippen LogP contribution in [0.3, 0.4) is 0 Å². The molecule has 1 aliphatic rings. The Morgan fingerprint density at radius 2 is 1.85 bits per heavy atom. The first-order valence-corrected chi connectivity index (χ1v) is 11.1. The van der Waals surface area contributed by atoms with Gasteiger partial charge in [-0.3, -0.25) is 9.69 Å². The van der Waals surface area contributed by atoms with Gasteiger partial charge in [-0.25, -0.2) is 4.79 Å². The molecule has 33 heavy (non-hydrogen) atoms. The lowest BCUT2D eigenvalue weighted by molar-refractivity contribution is -0.113. The van der Waals surface area contributed by atoms with Crippen LogP contribution in [-0.4, -0.2) is 28.4 Å². The molecule has 3 aromatic rings. The zero-order chi connectivity index (χ0) is 23.4. The molecule has 0 aliphatic carbocycles. The van der Waals surface area contributed by atoms with E-state index in [9.17, 15) is 9.59 Å². The third-order valence-electron chi connectivity index (χ3n) is 4.88. The van der Waals surface area contributed by atoms with Crippen molar-refractivity contribution in [1.82, 2.24) is 0 Å². The van der Waals surface area contributed by atoms with Crippen LogP contribution >= 0.6 is 24.0 Å². The van der Waals surface area contributed by atoms with Gasteiger partial charge < -0.3 is 14.6 Å². The van der Waals surface area contributed by atoms with Crippen molar-refractivity contribution in [2.24, 2.45) is 0 Å². The fourth-order valence-corrected chi connectivity index (χ4v) is 4.53. The molecule has 0 bridgehead atoms. The number of rotatable bonds is 7. The average Bonchev–Trinajstić information content (AvgIpc) is 3.10. The van der Waals surface area contributed by atoms with Crippen LogP contribution < -0.4 is 14.4 Å². The van der Waals surface area contributed by atoms with Crippen molar-refractivity contribution in [2.75, 3.05) is 12.0 Å². The van der Waals surface area contributed by atoms with Gasteiger partial charge in [0, 0.05) is 0 Å². The number of hydrogen-bond acceptors (Lipinski definition) is 6. The summed E-state index contributed by atoms with van der Waals surface area (Å²) >= 11 is 6.69. The van der Waals surface area contributed by atoms with Crippen molar-refractivity contribution in [3.05, 3.63) is 94.4 Å². The second-order valence-corrected chi connectivity index (χ2v) is 8.73. The lowest BCUT2D eigenvalue weighted by Crippen LogP contribution is -2.27. The second kappa shape index (κ2) is 9.89. The highest BCUT2D eigenvalue weighted by atomic mass is 32.2. The monoisotopic (exact) mass is 477 g/mol. The summed E-state index contributed by atoms with van der Waals surface area (Å²) < 4.78 is 11.7. The van der Waals surface area contributed by atoms with E-state index in [0.29, 0.717) is 33.0 Å². The molecule has 3 aromatic carbocycles. The minimum Gasteiger partial charge on any atom is -0.495 e. The Hall–Kier alpha value is -3.62. The van der Waals surface area contributed by atoms with Gasteiger partial charge in [0.25, 0.3) is 5.91 Å². The molecule has 1 fully saturated rings. The maximum absolute atomic E-state index is 13.1. The predicted molar refractivity (Wildman–Crippen MR) is 133 cm³/mol. The van der Waals surface area contributed by atoms with E-state index in [1.54, 1.807) is 49.6 Å². The Kier molecular flexibility index (Phi) is 6.76. The van der Waals surface area contributed by atoms with Crippen LogP contribution in [0.15, 0.2) is 77.7 Å². The van der Waals surface area contributed by atoms with Crippen LogP contribution in [0.4, 0.5) is 5.69 Å². The third kappa shape index (κ3) is 5.08. The van der Waals surface area contributed by atoms with Crippen molar-refractivity contribution >= 4 is 51.9 Å². The Balaban J connectivity index is 1.49. The van der Waals surface area contributed by atoms with Gasteiger partial charge in [0.15, 0.2) is 4.32 Å². The van der Waals surface area contributed by atoms with Gasteiger partial charge in [-0.15, -0.1) is 0 Å². The van der Waals surface area contributed by atoms with Gasteiger partial charge in [0.2, 0.25) is 0 Å². The largest absolute Gasteiger partial charge is 0.495 e. The number of aromatic carboxylic acids is 1. The van der Waals surface area contributed by atoms with Gasteiger partial charge in [0.1, 0.15) is 18.1 Å². The van der Waals surface area contributed by atoms with E-state index in [-0.39, 0.29) is 11.5 Å². The maximum Gasteiger partial charge on any atom is 0.335 e. The molecular weight excluding hydrogens is 458 g/mol. The Bertz CT molecular complexity index is 1250. The number of para-hydroxylation sites is 2. The number of carboxylic acid groups (broad SMARTS) is 1. The van der Waals surface area contributed by atoms with E-state index in [4.69, 9.17) is 26.8 Å². The van der Waals surface area contributed by atoms with Crippen LogP contribution in [0.25, 0.3) is 6.08 Å². The van der Waals surface area contributed by atoms with Gasteiger partial charge in [0.05, 0.1) is 23.3 Å². The first kappa shape index (κ1) is 22.6. The van der Waals surface area contributed by atoms with E-state index in [1.807, 2.05) is 36.4 Å². The number of nitrogens with zero attached hydrogens (tertiary/aromatic N) is 1. The molecule has 1 heterocycles. The van der Waals surface area contributed by atoms with Crippen LogP contribution in [0.1, 0.15) is 21.5 Å². The number of ether oxygens (including phenoxy) is 2. The molecular formula is C25H19NO5S2. The van der Waals surface area contributed by atoms with E-state index in [0.717, 1.165) is 11.1 Å². The number of amides is 1. The molecule has 4 rings (SSSR count). The number of anilines is 1. The molecule has 0 radical (unpaired) electrons. The number of hydrogen-bond donors (Lipinski definition) is 1. The van der Waals surface area contributed by atoms with Crippen molar-refractivity contribution in [2.45, 2.75) is 6.61 Å². The number of benzene rings is 3. The first-order valence-electron chi connectivity index (χ1n) is 9.92. The quantitative estimate of drug-likeness (QED) is 0.362. The lowest BCUT2D eigenvalue weighted by Gasteiger charge is -2.17. The molecule has 1 amide bonds. The smallest absolute Gasteiger partial charge is 0.335 e. The van der Waals surface area contributed by atoms with Gasteiger partial charge in [-0.1, -0.05) is 60.4 Å². The van der Waals surface area contributed by atoms with E-state index < -0.39 is 5.97 Å². The van der Waals surface area contributed by atoms with Crippen LogP contribution in [0, 0.1) is 0 Å². The van der Waals surface area contributed by atoms with E-state index >= 15 is 0 Å². The van der Waals surface area contributed by atoms with Gasteiger partial charge >= 0.3 is 5.97 Å². The molecule has 0 spiro atoms. The van der Waals surface area contributed by atoms with Crippen molar-refractivity contribution in [3.63, 3.8) is 0 Å². The summed E-state index contributed by atoms with van der Waals surface area (Å²) in [5.74, 6) is 0.0266. The highest BCUT2D eigenvalue weighted by Crippen LogP contribution is 2.39. The molecule has 1 N–H and O–H groups in total. The molecule has 0 atom stereocenters. The van der Waals surface area contributed by atoms with Crippen molar-refractivity contribution < 1.29 is 24.2 Å². The minimum atomic E-state index is -0.966. The van der Waals surface area contributed by atoms with Gasteiger partial charge in [-0.2, -0.15) is 0 Å². The summed E-state index contributed by atoms with van der Waals surface area (Å²) in [6.07, 6.45) is 1.78. The fourth-order valence-electron chi connectivity index (χ4n) is 3.25. The lowest BCUT2D eigenvalue weighted by atomic mass is 10.1. The minimum absolute atomic E-state index is 0.209. The molecule has 0 aromatic heterocycles. The summed E-state index contributed by atoms with van der Waals surface area (Å²) in [4.78, 5) is 26.0. The molecule has 0 saturated carbocycles. The summed E-state index contributed by atoms with van der Waals surface area (Å²) in [7, 11) is 1.55. The van der Waals surface area contributed by atoms with E-state index in [2.05, 4.69) is 0 Å². The SMILES string of the molecule is COc1ccccc1N1C(=O)/C(=C/c2cccc(OCc3ccc(C(=O)O)cc3)c2)SC1=S. The first-order chi connectivity index (χ1) is 16.0. The number of methoxy groups -OCH3 is 1. The summed E-state index contributed by atoms with van der Waals surface area (Å²) in [6, 6.07) is 21.1. The number of thiocarbonyl (C=S) groups is 1. The standard InChI is InChI=1S/C25H19NO5S2/c1-30-21-8-3-2-7-20(21)26-23(27)22(33-25(26)32)14-17-5-4-6-19(13-17)31-15-16-9-11-18(12-10-16)24(28)29/h2-14H,15H2,1H3,(H,28,29)/b22-14-. The number of carboxylic acids is 1. The highest BCUT2D eigenvalue weighted by molar-refractivity contribution is 8.27. The fraction of sp³-hybridized carbons (Fsp3) is 0.0800. The third-order valence-corrected chi connectivity index (χ3v) is 6.18. The van der Waals surface area contributed by atoms with E-state index in [1.165, 1.54) is 16.7 Å². The van der Waals surface area contributed by atoms with Crippen molar-refractivity contribution in [3.8, 4) is 11.5 Å². The molecule has 1 aliphatic heterocycles. The Labute approximate surface area is 200 Å².